The summed E-state index contributed by atoms with van der Waals surface area (Å²) in [6.45, 7) is 7.51. The SMILES string of the molecule is CC.CC1CCN(C(=O)c2ccc(-c3cc(C(F)(F)F)c4oc(CN)cc4c3)nc2)C1. The molecular formula is C23H26F3N3O2. The van der Waals surface area contributed by atoms with Crippen molar-refractivity contribution in [1.82, 2.24) is 9.88 Å². The maximum atomic E-state index is 13.5. The Hall–Kier alpha value is -2.87. The molecule has 8 heteroatoms. The lowest BCUT2D eigenvalue weighted by molar-refractivity contribution is -0.136. The van der Waals surface area contributed by atoms with Gasteiger partial charge in [-0.05, 0) is 42.7 Å². The lowest BCUT2D eigenvalue weighted by atomic mass is 10.0. The molecule has 3 heterocycles. The van der Waals surface area contributed by atoms with Crippen LogP contribution in [0.25, 0.3) is 22.2 Å². The fraction of sp³-hybridized carbons (Fsp3) is 0.391. The van der Waals surface area contributed by atoms with Crippen LogP contribution in [0.3, 0.4) is 0 Å². The molecule has 0 saturated carbocycles. The van der Waals surface area contributed by atoms with E-state index in [-0.39, 0.29) is 23.8 Å². The average molecular weight is 433 g/mol. The zero-order valence-corrected chi connectivity index (χ0v) is 17.8. The minimum absolute atomic E-state index is 0.00544. The molecule has 2 N–H and O–H groups in total. The third-order valence-corrected chi connectivity index (χ3v) is 5.19. The summed E-state index contributed by atoms with van der Waals surface area (Å²) in [6, 6.07) is 7.27. The van der Waals surface area contributed by atoms with Crippen LogP contribution in [0.4, 0.5) is 13.2 Å². The number of carbonyl (C=O) groups is 1. The van der Waals surface area contributed by atoms with E-state index in [1.54, 1.807) is 23.1 Å². The third-order valence-electron chi connectivity index (χ3n) is 5.19. The van der Waals surface area contributed by atoms with Crippen molar-refractivity contribution in [2.24, 2.45) is 11.7 Å². The minimum atomic E-state index is -4.58. The van der Waals surface area contributed by atoms with E-state index >= 15 is 0 Å². The molecule has 0 radical (unpaired) electrons. The number of carbonyl (C=O) groups excluding carboxylic acids is 1. The average Bonchev–Trinajstić information content (AvgIpc) is 3.39. The monoisotopic (exact) mass is 433 g/mol. The van der Waals surface area contributed by atoms with Crippen LogP contribution in [-0.2, 0) is 12.7 Å². The summed E-state index contributed by atoms with van der Waals surface area (Å²) < 4.78 is 45.9. The van der Waals surface area contributed by atoms with E-state index in [4.69, 9.17) is 10.2 Å². The van der Waals surface area contributed by atoms with Gasteiger partial charge in [0.25, 0.3) is 5.91 Å². The fourth-order valence-corrected chi connectivity index (χ4v) is 3.66. The highest BCUT2D eigenvalue weighted by molar-refractivity contribution is 5.94. The van der Waals surface area contributed by atoms with Gasteiger partial charge in [-0.1, -0.05) is 20.8 Å². The van der Waals surface area contributed by atoms with E-state index in [2.05, 4.69) is 11.9 Å². The van der Waals surface area contributed by atoms with Crippen molar-refractivity contribution in [3.63, 3.8) is 0 Å². The largest absolute Gasteiger partial charge is 0.459 e. The number of nitrogens with zero attached hydrogens (tertiary/aromatic N) is 2. The number of halogens is 3. The van der Waals surface area contributed by atoms with Gasteiger partial charge in [0, 0.05) is 30.2 Å². The number of pyridine rings is 1. The predicted octanol–water partition coefficient (Wildman–Crippen LogP) is 5.48. The molecule has 1 aliphatic heterocycles. The Labute approximate surface area is 179 Å². The topological polar surface area (TPSA) is 72.4 Å². The second-order valence-corrected chi connectivity index (χ2v) is 7.43. The molecule has 3 aromatic rings. The van der Waals surface area contributed by atoms with Gasteiger partial charge in [-0.3, -0.25) is 9.78 Å². The smallest absolute Gasteiger partial charge is 0.420 e. The van der Waals surface area contributed by atoms with Gasteiger partial charge in [-0.25, -0.2) is 0 Å². The highest BCUT2D eigenvalue weighted by atomic mass is 19.4. The fourth-order valence-electron chi connectivity index (χ4n) is 3.66. The molecule has 1 amide bonds. The van der Waals surface area contributed by atoms with Crippen LogP contribution in [0.1, 0.15) is 48.9 Å². The molecule has 0 aliphatic carbocycles. The van der Waals surface area contributed by atoms with Crippen molar-refractivity contribution in [2.75, 3.05) is 13.1 Å². The Morgan fingerprint density at radius 1 is 1.26 bits per heavy atom. The highest BCUT2D eigenvalue weighted by Gasteiger charge is 2.35. The first-order chi connectivity index (χ1) is 14.8. The lowest BCUT2D eigenvalue weighted by Gasteiger charge is -2.16. The van der Waals surface area contributed by atoms with Gasteiger partial charge in [0.15, 0.2) is 0 Å². The summed E-state index contributed by atoms with van der Waals surface area (Å²) in [7, 11) is 0. The number of amides is 1. The Morgan fingerprint density at radius 3 is 2.55 bits per heavy atom. The number of aromatic nitrogens is 1. The Bertz CT molecular complexity index is 1060. The molecular weight excluding hydrogens is 407 g/mol. The molecule has 1 atom stereocenters. The van der Waals surface area contributed by atoms with Crippen molar-refractivity contribution >= 4 is 16.9 Å². The number of furan rings is 1. The number of likely N-dealkylation sites (tertiary alicyclic amines) is 1. The molecule has 1 unspecified atom stereocenters. The van der Waals surface area contributed by atoms with Gasteiger partial charge in [0.05, 0.1) is 23.4 Å². The molecule has 166 valence electrons. The Morgan fingerprint density at radius 2 is 2.00 bits per heavy atom. The van der Waals surface area contributed by atoms with Crippen molar-refractivity contribution in [3.05, 3.63) is 53.4 Å². The molecule has 1 aromatic carbocycles. The number of rotatable bonds is 3. The number of hydrogen-bond acceptors (Lipinski definition) is 4. The quantitative estimate of drug-likeness (QED) is 0.594. The van der Waals surface area contributed by atoms with Crippen molar-refractivity contribution < 1.29 is 22.4 Å². The second kappa shape index (κ2) is 9.09. The first-order valence-corrected chi connectivity index (χ1v) is 10.4. The van der Waals surface area contributed by atoms with Crippen molar-refractivity contribution in [3.8, 4) is 11.3 Å². The van der Waals surface area contributed by atoms with E-state index in [0.29, 0.717) is 41.2 Å². The molecule has 1 saturated heterocycles. The lowest BCUT2D eigenvalue weighted by Crippen LogP contribution is -2.28. The van der Waals surface area contributed by atoms with E-state index in [9.17, 15) is 18.0 Å². The molecule has 31 heavy (non-hydrogen) atoms. The van der Waals surface area contributed by atoms with Gasteiger partial charge >= 0.3 is 6.18 Å². The van der Waals surface area contributed by atoms with Gasteiger partial charge in [-0.15, -0.1) is 0 Å². The first-order valence-electron chi connectivity index (χ1n) is 10.4. The van der Waals surface area contributed by atoms with Crippen LogP contribution in [0.2, 0.25) is 0 Å². The Kier molecular flexibility index (Phi) is 6.69. The minimum Gasteiger partial charge on any atom is -0.459 e. The Balaban J connectivity index is 0.00000132. The molecule has 1 aliphatic rings. The highest BCUT2D eigenvalue weighted by Crippen LogP contribution is 2.39. The maximum absolute atomic E-state index is 13.5. The summed E-state index contributed by atoms with van der Waals surface area (Å²) >= 11 is 0. The molecule has 0 bridgehead atoms. The molecule has 4 rings (SSSR count). The van der Waals surface area contributed by atoms with Crippen LogP contribution in [0.15, 0.2) is 40.9 Å². The van der Waals surface area contributed by atoms with Crippen LogP contribution in [0.5, 0.6) is 0 Å². The number of nitrogens with two attached hydrogens (primary N) is 1. The van der Waals surface area contributed by atoms with E-state index < -0.39 is 11.7 Å². The zero-order chi connectivity index (χ0) is 22.8. The molecule has 2 aromatic heterocycles. The second-order valence-electron chi connectivity index (χ2n) is 7.43. The third kappa shape index (κ3) is 4.74. The number of benzene rings is 1. The summed E-state index contributed by atoms with van der Waals surface area (Å²) in [5.74, 6) is 0.630. The standard InChI is InChI=1S/C21H20F3N3O2.C2H6/c1-12-4-5-27(11-12)20(28)13-2-3-18(26-10-13)14-6-15-7-16(9-25)29-19(15)17(8-14)21(22,23)24;1-2/h2-3,6-8,10,12H,4-5,9,11,25H2,1H3;1-2H3. The summed E-state index contributed by atoms with van der Waals surface area (Å²) in [5.41, 5.74) is 5.45. The summed E-state index contributed by atoms with van der Waals surface area (Å²) in [5, 5.41) is 0.309. The van der Waals surface area contributed by atoms with Crippen molar-refractivity contribution in [1.29, 1.82) is 0 Å². The van der Waals surface area contributed by atoms with E-state index in [1.165, 1.54) is 12.3 Å². The van der Waals surface area contributed by atoms with Crippen LogP contribution in [0, 0.1) is 5.92 Å². The van der Waals surface area contributed by atoms with Crippen LogP contribution >= 0.6 is 0 Å². The van der Waals surface area contributed by atoms with Gasteiger partial charge in [0.1, 0.15) is 11.3 Å². The predicted molar refractivity (Wildman–Crippen MR) is 113 cm³/mol. The number of fused-ring (bicyclic) bond motifs is 1. The number of alkyl halides is 3. The molecule has 0 spiro atoms. The zero-order valence-electron chi connectivity index (χ0n) is 17.8. The summed E-state index contributed by atoms with van der Waals surface area (Å²) in [6.07, 6.45) is -2.20. The maximum Gasteiger partial charge on any atom is 0.420 e. The van der Waals surface area contributed by atoms with E-state index in [1.807, 2.05) is 13.8 Å². The molecule has 5 nitrogen and oxygen atoms in total. The van der Waals surface area contributed by atoms with Crippen LogP contribution < -0.4 is 5.73 Å². The van der Waals surface area contributed by atoms with Gasteiger partial charge in [0.2, 0.25) is 0 Å². The van der Waals surface area contributed by atoms with Crippen LogP contribution in [-0.4, -0.2) is 28.9 Å². The number of hydrogen-bond donors (Lipinski definition) is 1. The van der Waals surface area contributed by atoms with Crippen molar-refractivity contribution in [2.45, 2.75) is 39.9 Å². The molecule has 1 fully saturated rings. The normalized spacial score (nSPS) is 16.4. The van der Waals surface area contributed by atoms with Gasteiger partial charge < -0.3 is 15.1 Å². The van der Waals surface area contributed by atoms with Gasteiger partial charge in [-0.2, -0.15) is 13.2 Å². The summed E-state index contributed by atoms with van der Waals surface area (Å²) in [4.78, 5) is 18.6. The van der Waals surface area contributed by atoms with E-state index in [0.717, 1.165) is 12.5 Å². The first kappa shape index (κ1) is 22.8.